The number of rotatable bonds is 4. The Morgan fingerprint density at radius 3 is 2.22 bits per heavy atom. The molecule has 2 amide bonds. The van der Waals surface area contributed by atoms with Gasteiger partial charge in [-0.3, -0.25) is 9.59 Å². The number of amides is 2. The van der Waals surface area contributed by atoms with Crippen LogP contribution in [0.1, 0.15) is 58.2 Å². The van der Waals surface area contributed by atoms with Gasteiger partial charge in [-0.25, -0.2) is 9.79 Å². The van der Waals surface area contributed by atoms with Gasteiger partial charge in [-0.15, -0.1) is 0 Å². The lowest BCUT2D eigenvalue weighted by molar-refractivity contribution is -0.150. The molecule has 0 aliphatic carbocycles. The number of amidine groups is 1. The standard InChI is InChI=1S/C27H34N4O4S/c1-17-7-9-20(10-8-17)24-23(25(34)35-27(4,5)6)18(2)28-26-31(24)21(16-36-26)15-22(33)30-13-11-29(12-14-30)19(3)32/h7-10,16,24H,11-15H2,1-6H3. The summed E-state index contributed by atoms with van der Waals surface area (Å²) >= 11 is 1.46. The number of fused-ring (bicyclic) bond motifs is 1. The highest BCUT2D eigenvalue weighted by molar-refractivity contribution is 8.16. The molecule has 1 atom stereocenters. The van der Waals surface area contributed by atoms with Gasteiger partial charge in [0.25, 0.3) is 0 Å². The molecule has 0 aromatic heterocycles. The number of esters is 1. The number of hydrogen-bond donors (Lipinski definition) is 0. The molecular formula is C27H34N4O4S. The lowest BCUT2D eigenvalue weighted by Gasteiger charge is -2.38. The number of ether oxygens (including phenoxy) is 1. The zero-order valence-electron chi connectivity index (χ0n) is 21.8. The summed E-state index contributed by atoms with van der Waals surface area (Å²) < 4.78 is 5.79. The van der Waals surface area contributed by atoms with Crippen molar-refractivity contribution in [3.63, 3.8) is 0 Å². The largest absolute Gasteiger partial charge is 0.456 e. The van der Waals surface area contributed by atoms with E-state index in [-0.39, 0.29) is 18.2 Å². The van der Waals surface area contributed by atoms with Crippen LogP contribution in [0.25, 0.3) is 0 Å². The van der Waals surface area contributed by atoms with E-state index < -0.39 is 17.6 Å². The van der Waals surface area contributed by atoms with Gasteiger partial charge in [0.1, 0.15) is 5.60 Å². The highest BCUT2D eigenvalue weighted by atomic mass is 32.2. The Morgan fingerprint density at radius 1 is 1.03 bits per heavy atom. The maximum Gasteiger partial charge on any atom is 0.338 e. The van der Waals surface area contributed by atoms with Gasteiger partial charge in [-0.1, -0.05) is 41.6 Å². The fraction of sp³-hybridized carbons (Fsp3) is 0.481. The summed E-state index contributed by atoms with van der Waals surface area (Å²) in [5.41, 5.74) is 3.31. The van der Waals surface area contributed by atoms with Crippen LogP contribution < -0.4 is 0 Å². The van der Waals surface area contributed by atoms with Crippen LogP contribution in [0, 0.1) is 6.92 Å². The molecule has 9 heteroatoms. The highest BCUT2D eigenvalue weighted by Gasteiger charge is 2.42. The monoisotopic (exact) mass is 510 g/mol. The van der Waals surface area contributed by atoms with Gasteiger partial charge in [0.15, 0.2) is 5.17 Å². The van der Waals surface area contributed by atoms with Crippen molar-refractivity contribution in [3.8, 4) is 0 Å². The topological polar surface area (TPSA) is 82.5 Å². The third-order valence-corrected chi connectivity index (χ3v) is 7.31. The van der Waals surface area contributed by atoms with Crippen molar-refractivity contribution in [1.29, 1.82) is 0 Å². The number of carbonyl (C=O) groups excluding carboxylic acids is 3. The van der Waals surface area contributed by atoms with Crippen molar-refractivity contribution in [2.75, 3.05) is 26.2 Å². The van der Waals surface area contributed by atoms with Gasteiger partial charge in [0, 0.05) is 38.8 Å². The Labute approximate surface area is 217 Å². The van der Waals surface area contributed by atoms with E-state index in [2.05, 4.69) is 0 Å². The Balaban J connectivity index is 1.63. The number of nitrogens with zero attached hydrogens (tertiary/aromatic N) is 4. The second-order valence-corrected chi connectivity index (χ2v) is 11.2. The van der Waals surface area contributed by atoms with Crippen LogP contribution in [0.5, 0.6) is 0 Å². The molecule has 0 saturated carbocycles. The number of aliphatic imine (C=N–C) groups is 1. The normalized spacial score (nSPS) is 20.2. The SMILES string of the molecule is CC(=O)N1CCN(C(=O)CC2=CSC3=NC(C)=C(C(=O)OC(C)(C)C)C(c4ccc(C)cc4)N23)CC1. The molecule has 0 spiro atoms. The van der Waals surface area contributed by atoms with Gasteiger partial charge in [-0.05, 0) is 45.6 Å². The molecule has 36 heavy (non-hydrogen) atoms. The Bertz CT molecular complexity index is 1160. The molecule has 0 N–H and O–H groups in total. The fourth-order valence-electron chi connectivity index (χ4n) is 4.57. The first-order valence-electron chi connectivity index (χ1n) is 12.2. The second-order valence-electron chi connectivity index (χ2n) is 10.4. The van der Waals surface area contributed by atoms with Gasteiger partial charge >= 0.3 is 5.97 Å². The van der Waals surface area contributed by atoms with Gasteiger partial charge < -0.3 is 19.4 Å². The number of aryl methyl sites for hydroxylation is 1. The molecule has 3 aliphatic heterocycles. The molecule has 3 aliphatic rings. The predicted molar refractivity (Wildman–Crippen MR) is 141 cm³/mol. The quantitative estimate of drug-likeness (QED) is 0.570. The van der Waals surface area contributed by atoms with E-state index in [9.17, 15) is 14.4 Å². The first-order valence-corrected chi connectivity index (χ1v) is 13.1. The van der Waals surface area contributed by atoms with E-state index in [1.165, 1.54) is 11.8 Å². The smallest absolute Gasteiger partial charge is 0.338 e. The molecule has 8 nitrogen and oxygen atoms in total. The molecule has 1 saturated heterocycles. The Kier molecular flexibility index (Phi) is 7.31. The molecule has 1 aromatic carbocycles. The molecule has 1 unspecified atom stereocenters. The van der Waals surface area contributed by atoms with Crippen LogP contribution in [0.15, 0.2) is 51.6 Å². The molecular weight excluding hydrogens is 476 g/mol. The van der Waals surface area contributed by atoms with Crippen LogP contribution in [-0.2, 0) is 19.1 Å². The van der Waals surface area contributed by atoms with E-state index in [4.69, 9.17) is 9.73 Å². The predicted octanol–water partition coefficient (Wildman–Crippen LogP) is 3.99. The zero-order valence-corrected chi connectivity index (χ0v) is 22.6. The summed E-state index contributed by atoms with van der Waals surface area (Å²) in [7, 11) is 0. The van der Waals surface area contributed by atoms with Gasteiger partial charge in [-0.2, -0.15) is 0 Å². The first kappa shape index (κ1) is 26.0. The average Bonchev–Trinajstić information content (AvgIpc) is 3.19. The van der Waals surface area contributed by atoms with E-state index in [0.29, 0.717) is 37.4 Å². The zero-order chi connectivity index (χ0) is 26.2. The second kappa shape index (κ2) is 10.1. The third-order valence-electron chi connectivity index (χ3n) is 6.42. The minimum Gasteiger partial charge on any atom is -0.456 e. The number of hydrogen-bond acceptors (Lipinski definition) is 7. The molecule has 0 bridgehead atoms. The lowest BCUT2D eigenvalue weighted by Crippen LogP contribution is -2.50. The van der Waals surface area contributed by atoms with E-state index in [1.807, 2.05) is 69.2 Å². The summed E-state index contributed by atoms with van der Waals surface area (Å²) in [5.74, 6) is -0.376. The number of allylic oxidation sites excluding steroid dienone is 1. The lowest BCUT2D eigenvalue weighted by atomic mass is 9.93. The minimum atomic E-state index is -0.650. The Morgan fingerprint density at radius 2 is 1.64 bits per heavy atom. The van der Waals surface area contributed by atoms with E-state index >= 15 is 0 Å². The maximum absolute atomic E-state index is 13.4. The van der Waals surface area contributed by atoms with Crippen LogP contribution in [0.4, 0.5) is 0 Å². The van der Waals surface area contributed by atoms with Crippen LogP contribution in [0.2, 0.25) is 0 Å². The Hall–Kier alpha value is -3.07. The summed E-state index contributed by atoms with van der Waals surface area (Å²) in [6.07, 6.45) is 0.190. The molecule has 1 fully saturated rings. The number of carbonyl (C=O) groups is 3. The summed E-state index contributed by atoms with van der Waals surface area (Å²) in [6.45, 7) is 13.1. The van der Waals surface area contributed by atoms with Gasteiger partial charge in [0.2, 0.25) is 11.8 Å². The highest BCUT2D eigenvalue weighted by Crippen LogP contribution is 2.45. The summed E-state index contributed by atoms with van der Waals surface area (Å²) in [5, 5.41) is 2.70. The minimum absolute atomic E-state index is 0.000879. The van der Waals surface area contributed by atoms with Crippen molar-refractivity contribution < 1.29 is 19.1 Å². The van der Waals surface area contributed by atoms with Crippen molar-refractivity contribution in [1.82, 2.24) is 14.7 Å². The molecule has 192 valence electrons. The maximum atomic E-state index is 13.4. The number of benzene rings is 1. The van der Waals surface area contributed by atoms with Crippen LogP contribution in [-0.4, -0.2) is 69.4 Å². The van der Waals surface area contributed by atoms with E-state index in [1.54, 1.807) is 16.7 Å². The van der Waals surface area contributed by atoms with E-state index in [0.717, 1.165) is 22.0 Å². The summed E-state index contributed by atoms with van der Waals surface area (Å²) in [4.78, 5) is 48.6. The number of piperazine rings is 1. The molecule has 4 rings (SSSR count). The third kappa shape index (κ3) is 5.51. The molecule has 1 aromatic rings. The molecule has 3 heterocycles. The van der Waals surface area contributed by atoms with Crippen molar-refractivity contribution in [2.45, 2.75) is 59.6 Å². The number of thioether (sulfide) groups is 1. The summed E-state index contributed by atoms with van der Waals surface area (Å²) in [6, 6.07) is 7.63. The van der Waals surface area contributed by atoms with Crippen molar-refractivity contribution in [3.05, 3.63) is 57.8 Å². The van der Waals surface area contributed by atoms with Crippen LogP contribution in [0.3, 0.4) is 0 Å². The average molecular weight is 511 g/mol. The molecule has 0 radical (unpaired) electrons. The van der Waals surface area contributed by atoms with Crippen LogP contribution >= 0.6 is 11.8 Å². The van der Waals surface area contributed by atoms with Crippen molar-refractivity contribution in [2.24, 2.45) is 4.99 Å². The first-order chi connectivity index (χ1) is 16.9. The fourth-order valence-corrected chi connectivity index (χ4v) is 5.53. The van der Waals surface area contributed by atoms with Crippen molar-refractivity contribution >= 4 is 34.7 Å². The van der Waals surface area contributed by atoms with Gasteiger partial charge in [0.05, 0.1) is 23.7 Å².